The van der Waals surface area contributed by atoms with E-state index in [1.165, 1.54) is 0 Å². The number of hydrogen-bond donors (Lipinski definition) is 3. The van der Waals surface area contributed by atoms with Crippen LogP contribution in [0, 0.1) is 0 Å². The molecule has 7 nitrogen and oxygen atoms in total. The zero-order valence-electron chi connectivity index (χ0n) is 16.0. The highest BCUT2D eigenvalue weighted by molar-refractivity contribution is 5.80. The molecule has 1 rings (SSSR count). The number of nitrogens with one attached hydrogen (secondary N) is 3. The fourth-order valence-electron chi connectivity index (χ4n) is 2.05. The fraction of sp³-hybridized carbons (Fsp3) is 0.556. The van der Waals surface area contributed by atoms with Crippen molar-refractivity contribution >= 4 is 11.9 Å². The first kappa shape index (κ1) is 20.6. The number of ether oxygens (including phenoxy) is 2. The molecular formula is C18H30N4O3. The highest BCUT2D eigenvalue weighted by Gasteiger charge is 2.12. The number of carbonyl (C=O) groups excluding carboxylic acids is 1. The monoisotopic (exact) mass is 350 g/mol. The normalized spacial score (nSPS) is 11.7. The van der Waals surface area contributed by atoms with Crippen molar-refractivity contribution in [2.24, 2.45) is 4.99 Å². The van der Waals surface area contributed by atoms with E-state index < -0.39 is 0 Å². The van der Waals surface area contributed by atoms with Gasteiger partial charge in [0.1, 0.15) is 0 Å². The quantitative estimate of drug-likeness (QED) is 0.515. The van der Waals surface area contributed by atoms with E-state index in [9.17, 15) is 4.79 Å². The summed E-state index contributed by atoms with van der Waals surface area (Å²) in [6.07, 6.45) is 0. The van der Waals surface area contributed by atoms with E-state index in [1.54, 1.807) is 20.2 Å². The predicted octanol–water partition coefficient (Wildman–Crippen LogP) is 1.67. The summed E-state index contributed by atoms with van der Waals surface area (Å²) in [5.41, 5.74) is 0.940. The lowest BCUT2D eigenvalue weighted by atomic mass is 10.1. The zero-order chi connectivity index (χ0) is 18.9. The van der Waals surface area contributed by atoms with Crippen molar-refractivity contribution in [3.63, 3.8) is 0 Å². The number of guanidine groups is 1. The van der Waals surface area contributed by atoms with Crippen molar-refractivity contribution in [2.45, 2.75) is 39.8 Å². The maximum atomic E-state index is 11.5. The van der Waals surface area contributed by atoms with Gasteiger partial charge in [0.2, 0.25) is 0 Å². The van der Waals surface area contributed by atoms with Crippen molar-refractivity contribution < 1.29 is 14.3 Å². The molecule has 140 valence electrons. The first-order chi connectivity index (χ1) is 11.8. The topological polar surface area (TPSA) is 84.0 Å². The van der Waals surface area contributed by atoms with Gasteiger partial charge in [-0.2, -0.15) is 0 Å². The molecule has 7 heteroatoms. The van der Waals surface area contributed by atoms with Crippen LogP contribution in [0.3, 0.4) is 0 Å². The van der Waals surface area contributed by atoms with Crippen molar-refractivity contribution in [2.75, 3.05) is 27.3 Å². The first-order valence-electron chi connectivity index (χ1n) is 8.34. The summed E-state index contributed by atoms with van der Waals surface area (Å²) in [6, 6.07) is 5.60. The minimum absolute atomic E-state index is 0.0378. The van der Waals surface area contributed by atoms with Gasteiger partial charge in [-0.25, -0.2) is 0 Å². The van der Waals surface area contributed by atoms with E-state index in [0.29, 0.717) is 24.6 Å². The summed E-state index contributed by atoms with van der Waals surface area (Å²) >= 11 is 0. The van der Waals surface area contributed by atoms with Crippen LogP contribution in [0.5, 0.6) is 11.5 Å². The SMILES string of the molecule is CCNC(=O)COc1ccc(CNC(=NC)NC(C)(C)C)cc1OC. The molecule has 25 heavy (non-hydrogen) atoms. The average Bonchev–Trinajstić information content (AvgIpc) is 2.56. The van der Waals surface area contributed by atoms with E-state index in [4.69, 9.17) is 9.47 Å². The van der Waals surface area contributed by atoms with Crippen LogP contribution in [0.4, 0.5) is 0 Å². The van der Waals surface area contributed by atoms with Gasteiger partial charge in [0.15, 0.2) is 24.1 Å². The number of carbonyl (C=O) groups is 1. The van der Waals surface area contributed by atoms with Crippen molar-refractivity contribution in [1.29, 1.82) is 0 Å². The van der Waals surface area contributed by atoms with Crippen LogP contribution in [-0.4, -0.2) is 44.7 Å². The number of nitrogens with zero attached hydrogens (tertiary/aromatic N) is 1. The Kier molecular flexibility index (Phi) is 8.04. The highest BCUT2D eigenvalue weighted by atomic mass is 16.5. The maximum Gasteiger partial charge on any atom is 0.257 e. The molecule has 0 saturated carbocycles. The molecule has 0 fully saturated rings. The molecule has 0 unspecified atom stereocenters. The number of benzene rings is 1. The fourth-order valence-corrected chi connectivity index (χ4v) is 2.05. The van der Waals surface area contributed by atoms with Gasteiger partial charge in [0, 0.05) is 25.7 Å². The second-order valence-electron chi connectivity index (χ2n) is 6.53. The minimum Gasteiger partial charge on any atom is -0.493 e. The molecule has 0 radical (unpaired) electrons. The Morgan fingerprint density at radius 3 is 2.48 bits per heavy atom. The molecular weight excluding hydrogens is 320 g/mol. The zero-order valence-corrected chi connectivity index (χ0v) is 16.0. The van der Waals surface area contributed by atoms with Crippen LogP contribution in [0.1, 0.15) is 33.3 Å². The first-order valence-corrected chi connectivity index (χ1v) is 8.34. The third kappa shape index (κ3) is 7.78. The molecule has 0 aliphatic rings. The molecule has 0 aliphatic carbocycles. The second-order valence-corrected chi connectivity index (χ2v) is 6.53. The van der Waals surface area contributed by atoms with Crippen molar-refractivity contribution in [1.82, 2.24) is 16.0 Å². The molecule has 1 aromatic carbocycles. The summed E-state index contributed by atoms with van der Waals surface area (Å²) in [5, 5.41) is 9.25. The number of rotatable bonds is 7. The van der Waals surface area contributed by atoms with Gasteiger partial charge in [0.05, 0.1) is 7.11 Å². The van der Waals surface area contributed by atoms with E-state index in [1.807, 2.05) is 19.1 Å². The third-order valence-electron chi connectivity index (χ3n) is 3.14. The van der Waals surface area contributed by atoms with E-state index in [2.05, 4.69) is 41.7 Å². The molecule has 1 amide bonds. The van der Waals surface area contributed by atoms with Crippen molar-refractivity contribution in [3.8, 4) is 11.5 Å². The van der Waals surface area contributed by atoms with Crippen LogP contribution >= 0.6 is 0 Å². The minimum atomic E-state index is -0.160. The lowest BCUT2D eigenvalue weighted by Gasteiger charge is -2.23. The number of aliphatic imine (C=N–C) groups is 1. The van der Waals surface area contributed by atoms with Crippen LogP contribution < -0.4 is 25.4 Å². The molecule has 0 spiro atoms. The van der Waals surface area contributed by atoms with Gasteiger partial charge in [-0.15, -0.1) is 0 Å². The summed E-state index contributed by atoms with van der Waals surface area (Å²) < 4.78 is 10.9. The number of amides is 1. The van der Waals surface area contributed by atoms with Gasteiger partial charge in [-0.05, 0) is 45.4 Å². The second kappa shape index (κ2) is 9.76. The Bertz CT molecular complexity index is 594. The highest BCUT2D eigenvalue weighted by Crippen LogP contribution is 2.28. The van der Waals surface area contributed by atoms with Crippen LogP contribution in [0.25, 0.3) is 0 Å². The third-order valence-corrected chi connectivity index (χ3v) is 3.14. The average molecular weight is 350 g/mol. The summed E-state index contributed by atoms with van der Waals surface area (Å²) in [6.45, 7) is 9.21. The lowest BCUT2D eigenvalue weighted by Crippen LogP contribution is -2.47. The number of methoxy groups -OCH3 is 1. The van der Waals surface area contributed by atoms with Crippen LogP contribution in [0.2, 0.25) is 0 Å². The van der Waals surface area contributed by atoms with Gasteiger partial charge < -0.3 is 25.4 Å². The lowest BCUT2D eigenvalue weighted by molar-refractivity contribution is -0.123. The van der Waals surface area contributed by atoms with E-state index in [-0.39, 0.29) is 18.1 Å². The number of hydrogen-bond acceptors (Lipinski definition) is 4. The van der Waals surface area contributed by atoms with E-state index in [0.717, 1.165) is 11.5 Å². The molecule has 3 N–H and O–H groups in total. The molecule has 0 bridgehead atoms. The Morgan fingerprint density at radius 2 is 1.92 bits per heavy atom. The molecule has 0 saturated heterocycles. The molecule has 0 atom stereocenters. The van der Waals surface area contributed by atoms with Crippen LogP contribution in [-0.2, 0) is 11.3 Å². The molecule has 0 aliphatic heterocycles. The Balaban J connectivity index is 2.69. The van der Waals surface area contributed by atoms with Gasteiger partial charge in [-0.3, -0.25) is 9.79 Å². The maximum absolute atomic E-state index is 11.5. The Morgan fingerprint density at radius 1 is 1.20 bits per heavy atom. The van der Waals surface area contributed by atoms with Gasteiger partial charge >= 0.3 is 0 Å². The van der Waals surface area contributed by atoms with E-state index >= 15 is 0 Å². The predicted molar refractivity (Wildman–Crippen MR) is 100 cm³/mol. The molecule has 1 aromatic rings. The summed E-state index contributed by atoms with van der Waals surface area (Å²) in [4.78, 5) is 15.7. The summed E-state index contributed by atoms with van der Waals surface area (Å²) in [5.74, 6) is 1.69. The molecule has 0 aromatic heterocycles. The largest absolute Gasteiger partial charge is 0.493 e. The van der Waals surface area contributed by atoms with Crippen LogP contribution in [0.15, 0.2) is 23.2 Å². The smallest absolute Gasteiger partial charge is 0.257 e. The van der Waals surface area contributed by atoms with Crippen molar-refractivity contribution in [3.05, 3.63) is 23.8 Å². The van der Waals surface area contributed by atoms with Gasteiger partial charge in [0.25, 0.3) is 5.91 Å². The number of likely N-dealkylation sites (N-methyl/N-ethyl adjacent to an activating group) is 1. The summed E-state index contributed by atoms with van der Waals surface area (Å²) in [7, 11) is 3.31. The molecule has 0 heterocycles. The van der Waals surface area contributed by atoms with Gasteiger partial charge in [-0.1, -0.05) is 6.07 Å². The Hall–Kier alpha value is -2.44. The standard InChI is InChI=1S/C18H30N4O3/c1-7-20-16(23)12-25-14-9-8-13(10-15(14)24-6)11-21-17(19-5)22-18(2,3)4/h8-10H,7,11-12H2,1-6H3,(H,20,23)(H2,19,21,22). The Labute approximate surface area is 150 Å².